The maximum atomic E-state index is 5.86. The maximum absolute atomic E-state index is 5.86. The summed E-state index contributed by atoms with van der Waals surface area (Å²) in [6.07, 6.45) is 0. The van der Waals surface area contributed by atoms with Crippen molar-refractivity contribution in [2.75, 3.05) is 0 Å². The predicted octanol–water partition coefficient (Wildman–Crippen LogP) is 3.09. The first-order chi connectivity index (χ1) is 7.79. The molecule has 0 spiro atoms. The van der Waals surface area contributed by atoms with Gasteiger partial charge < -0.3 is 5.73 Å². The lowest BCUT2D eigenvalue weighted by atomic mass is 9.97. The molecule has 2 heteroatoms. The van der Waals surface area contributed by atoms with Gasteiger partial charge in [0.25, 0.3) is 0 Å². The highest BCUT2D eigenvalue weighted by atomic mass is 32.1. The van der Waals surface area contributed by atoms with Crippen LogP contribution in [0.1, 0.15) is 17.0 Å². The predicted molar refractivity (Wildman–Crippen MR) is 70.5 cm³/mol. The quantitative estimate of drug-likeness (QED) is 0.755. The molecule has 1 aliphatic carbocycles. The molecule has 78 valence electrons. The molecule has 1 nitrogen and oxygen atoms in total. The van der Waals surface area contributed by atoms with E-state index in [-0.39, 0.29) is 5.92 Å². The van der Waals surface area contributed by atoms with Gasteiger partial charge in [0.05, 0.1) is 10.9 Å². The van der Waals surface area contributed by atoms with Gasteiger partial charge in [-0.15, -0.1) is 0 Å². The minimum Gasteiger partial charge on any atom is -0.393 e. The van der Waals surface area contributed by atoms with Crippen molar-refractivity contribution < 1.29 is 0 Å². The third-order valence-electron chi connectivity index (χ3n) is 3.12. The summed E-state index contributed by atoms with van der Waals surface area (Å²) in [5.41, 5.74) is 10.8. The molecule has 0 fully saturated rings. The van der Waals surface area contributed by atoms with Crippen molar-refractivity contribution in [3.63, 3.8) is 0 Å². The number of hydrogen-bond donors (Lipinski definition) is 1. The van der Waals surface area contributed by atoms with E-state index in [1.165, 1.54) is 22.3 Å². The van der Waals surface area contributed by atoms with Crippen LogP contribution in [0.3, 0.4) is 0 Å². The molecule has 0 aromatic heterocycles. The summed E-state index contributed by atoms with van der Waals surface area (Å²) in [6, 6.07) is 16.7. The fraction of sp³-hybridized carbons (Fsp3) is 0.0714. The molecule has 0 saturated carbocycles. The number of fused-ring (bicyclic) bond motifs is 3. The average Bonchev–Trinajstić information content (AvgIpc) is 2.63. The van der Waals surface area contributed by atoms with E-state index in [1.807, 2.05) is 12.1 Å². The van der Waals surface area contributed by atoms with Crippen molar-refractivity contribution in [3.8, 4) is 11.1 Å². The van der Waals surface area contributed by atoms with Gasteiger partial charge in [0.1, 0.15) is 0 Å². The first-order valence-electron chi connectivity index (χ1n) is 5.26. The lowest BCUT2D eigenvalue weighted by Crippen LogP contribution is -2.18. The van der Waals surface area contributed by atoms with E-state index >= 15 is 0 Å². The largest absolute Gasteiger partial charge is 0.393 e. The maximum Gasteiger partial charge on any atom is 0.0848 e. The van der Waals surface area contributed by atoms with Crippen molar-refractivity contribution in [2.24, 2.45) is 5.73 Å². The first kappa shape index (κ1) is 9.55. The Bertz CT molecular complexity index is 529. The van der Waals surface area contributed by atoms with Crippen LogP contribution >= 0.6 is 12.2 Å². The van der Waals surface area contributed by atoms with Gasteiger partial charge in [0.15, 0.2) is 0 Å². The fourth-order valence-electron chi connectivity index (χ4n) is 2.46. The molecule has 2 N–H and O–H groups in total. The SMILES string of the molecule is NC(=S)C1c2ccccc2-c2ccccc21. The van der Waals surface area contributed by atoms with E-state index in [0.29, 0.717) is 4.99 Å². The highest BCUT2D eigenvalue weighted by molar-refractivity contribution is 7.80. The molecule has 0 atom stereocenters. The summed E-state index contributed by atoms with van der Waals surface area (Å²) in [5.74, 6) is 0.0856. The van der Waals surface area contributed by atoms with Gasteiger partial charge in [-0.05, 0) is 22.3 Å². The topological polar surface area (TPSA) is 26.0 Å². The van der Waals surface area contributed by atoms with Gasteiger partial charge in [-0.1, -0.05) is 60.7 Å². The van der Waals surface area contributed by atoms with Crippen LogP contribution in [0, 0.1) is 0 Å². The van der Waals surface area contributed by atoms with Gasteiger partial charge in [0, 0.05) is 0 Å². The van der Waals surface area contributed by atoms with Crippen LogP contribution in [0.2, 0.25) is 0 Å². The molecule has 0 radical (unpaired) electrons. The van der Waals surface area contributed by atoms with Crippen molar-refractivity contribution in [2.45, 2.75) is 5.92 Å². The van der Waals surface area contributed by atoms with Gasteiger partial charge in [-0.3, -0.25) is 0 Å². The zero-order valence-corrected chi connectivity index (χ0v) is 9.50. The van der Waals surface area contributed by atoms with Crippen molar-refractivity contribution in [1.82, 2.24) is 0 Å². The molecule has 16 heavy (non-hydrogen) atoms. The Balaban J connectivity index is 2.34. The molecule has 3 rings (SSSR count). The average molecular weight is 225 g/mol. The third-order valence-corrected chi connectivity index (χ3v) is 3.35. The third kappa shape index (κ3) is 1.20. The second-order valence-corrected chi connectivity index (χ2v) is 4.48. The van der Waals surface area contributed by atoms with Crippen molar-refractivity contribution in [1.29, 1.82) is 0 Å². The Morgan fingerprint density at radius 1 is 0.875 bits per heavy atom. The minimum absolute atomic E-state index is 0.0856. The number of benzene rings is 2. The summed E-state index contributed by atoms with van der Waals surface area (Å²) >= 11 is 5.19. The molecule has 0 unspecified atom stereocenters. The zero-order valence-electron chi connectivity index (χ0n) is 8.68. The van der Waals surface area contributed by atoms with Gasteiger partial charge in [0.2, 0.25) is 0 Å². The van der Waals surface area contributed by atoms with Crippen LogP contribution in [0.25, 0.3) is 11.1 Å². The molecule has 2 aromatic rings. The first-order valence-corrected chi connectivity index (χ1v) is 5.67. The smallest absolute Gasteiger partial charge is 0.0848 e. The number of thiocarbonyl (C=S) groups is 1. The standard InChI is InChI=1S/C14H11NS/c15-14(16)13-11-7-3-1-5-9(11)10-6-2-4-8-12(10)13/h1-8,13H,(H2,15,16). The second kappa shape index (κ2) is 3.42. The minimum atomic E-state index is 0.0856. The summed E-state index contributed by atoms with van der Waals surface area (Å²) in [6.45, 7) is 0. The van der Waals surface area contributed by atoms with Gasteiger partial charge in [-0.2, -0.15) is 0 Å². The Labute approximate surface area is 99.9 Å². The normalized spacial score (nSPS) is 13.2. The summed E-state index contributed by atoms with van der Waals surface area (Å²) in [5, 5.41) is 0. The van der Waals surface area contributed by atoms with Crippen molar-refractivity contribution in [3.05, 3.63) is 59.7 Å². The highest BCUT2D eigenvalue weighted by Gasteiger charge is 2.29. The number of hydrogen-bond acceptors (Lipinski definition) is 1. The van der Waals surface area contributed by atoms with E-state index in [4.69, 9.17) is 18.0 Å². The lowest BCUT2D eigenvalue weighted by Gasteiger charge is -2.10. The Morgan fingerprint density at radius 3 is 1.75 bits per heavy atom. The number of nitrogens with two attached hydrogens (primary N) is 1. The molecule has 0 bridgehead atoms. The highest BCUT2D eigenvalue weighted by Crippen LogP contribution is 2.44. The molecule has 0 amide bonds. The Morgan fingerprint density at radius 2 is 1.31 bits per heavy atom. The zero-order chi connectivity index (χ0) is 11.1. The molecular weight excluding hydrogens is 214 g/mol. The molecule has 0 aliphatic heterocycles. The Hall–Kier alpha value is -1.67. The molecule has 2 aromatic carbocycles. The van der Waals surface area contributed by atoms with Gasteiger partial charge >= 0.3 is 0 Å². The van der Waals surface area contributed by atoms with Crippen LogP contribution in [0.4, 0.5) is 0 Å². The van der Waals surface area contributed by atoms with Gasteiger partial charge in [-0.25, -0.2) is 0 Å². The molecule has 0 saturated heterocycles. The van der Waals surface area contributed by atoms with E-state index < -0.39 is 0 Å². The second-order valence-electron chi connectivity index (χ2n) is 4.01. The van der Waals surface area contributed by atoms with Crippen LogP contribution in [-0.2, 0) is 0 Å². The Kier molecular flexibility index (Phi) is 2.04. The summed E-state index contributed by atoms with van der Waals surface area (Å²) in [4.78, 5) is 0.553. The van der Waals surface area contributed by atoms with Crippen molar-refractivity contribution >= 4 is 17.2 Å². The van der Waals surface area contributed by atoms with E-state index in [9.17, 15) is 0 Å². The van der Waals surface area contributed by atoms with Crippen LogP contribution in [0.5, 0.6) is 0 Å². The molecular formula is C14H11NS. The monoisotopic (exact) mass is 225 g/mol. The van der Waals surface area contributed by atoms with E-state index in [0.717, 1.165) is 0 Å². The van der Waals surface area contributed by atoms with E-state index in [2.05, 4.69) is 36.4 Å². The van der Waals surface area contributed by atoms with Crippen LogP contribution < -0.4 is 5.73 Å². The summed E-state index contributed by atoms with van der Waals surface area (Å²) < 4.78 is 0. The van der Waals surface area contributed by atoms with Crippen LogP contribution in [-0.4, -0.2) is 4.99 Å². The molecule has 1 aliphatic rings. The van der Waals surface area contributed by atoms with Crippen LogP contribution in [0.15, 0.2) is 48.5 Å². The number of rotatable bonds is 1. The fourth-order valence-corrected chi connectivity index (χ4v) is 2.72. The summed E-state index contributed by atoms with van der Waals surface area (Å²) in [7, 11) is 0. The van der Waals surface area contributed by atoms with E-state index in [1.54, 1.807) is 0 Å². The molecule has 0 heterocycles. The lowest BCUT2D eigenvalue weighted by molar-refractivity contribution is 1.13.